The third-order valence-corrected chi connectivity index (χ3v) is 4.65. The molecule has 0 spiro atoms. The number of fused-ring (bicyclic) bond motifs is 1. The van der Waals surface area contributed by atoms with E-state index >= 15 is 0 Å². The van der Waals surface area contributed by atoms with E-state index in [9.17, 15) is 9.18 Å². The van der Waals surface area contributed by atoms with Gasteiger partial charge in [0.25, 0.3) is 5.71 Å². The Balaban J connectivity index is 1.66. The summed E-state index contributed by atoms with van der Waals surface area (Å²) in [5, 5.41) is 4.43. The Morgan fingerprint density at radius 3 is 2.85 bits per heavy atom. The van der Waals surface area contributed by atoms with Crippen LogP contribution in [0.1, 0.15) is 35.3 Å². The molecule has 2 aromatic heterocycles. The van der Waals surface area contributed by atoms with Crippen molar-refractivity contribution in [1.29, 1.82) is 0 Å². The number of aromatic nitrogens is 2. The smallest absolute Gasteiger partial charge is 0.339 e. The largest absolute Gasteiger partial charge is 0.459 e. The fraction of sp³-hybridized carbons (Fsp3) is 0.350. The Morgan fingerprint density at radius 2 is 2.11 bits per heavy atom. The van der Waals surface area contributed by atoms with E-state index in [1.54, 1.807) is 25.1 Å². The lowest BCUT2D eigenvalue weighted by Gasteiger charge is -2.22. The number of benzene rings is 1. The zero-order chi connectivity index (χ0) is 18.8. The number of aryl methyl sites for hydroxylation is 1. The van der Waals surface area contributed by atoms with Gasteiger partial charge in [-0.1, -0.05) is 5.16 Å². The number of hydrogen-bond acceptors (Lipinski definition) is 6. The zero-order valence-electron chi connectivity index (χ0n) is 14.9. The summed E-state index contributed by atoms with van der Waals surface area (Å²) in [5.41, 5.74) is 2.28. The van der Waals surface area contributed by atoms with Gasteiger partial charge in [0.15, 0.2) is 0 Å². The number of ether oxygens (including phenoxy) is 2. The third-order valence-electron chi connectivity index (χ3n) is 4.65. The van der Waals surface area contributed by atoms with E-state index in [0.717, 1.165) is 19.3 Å². The molecule has 0 aliphatic carbocycles. The monoisotopic (exact) mass is 370 g/mol. The molecule has 0 saturated carbocycles. The van der Waals surface area contributed by atoms with Crippen LogP contribution in [0.4, 0.5) is 4.39 Å². The Labute approximate surface area is 155 Å². The highest BCUT2D eigenvalue weighted by molar-refractivity contribution is 6.04. The fourth-order valence-electron chi connectivity index (χ4n) is 3.21. The second-order valence-corrected chi connectivity index (χ2v) is 6.60. The summed E-state index contributed by atoms with van der Waals surface area (Å²) >= 11 is 0. The second-order valence-electron chi connectivity index (χ2n) is 6.60. The Bertz CT molecular complexity index is 962. The van der Waals surface area contributed by atoms with Gasteiger partial charge in [-0.2, -0.15) is 0 Å². The number of pyridine rings is 1. The Hall–Kier alpha value is -2.80. The van der Waals surface area contributed by atoms with Gasteiger partial charge in [-0.15, -0.1) is 0 Å². The predicted molar refractivity (Wildman–Crippen MR) is 95.8 cm³/mol. The van der Waals surface area contributed by atoms with E-state index in [1.165, 1.54) is 12.1 Å². The number of rotatable bonds is 4. The van der Waals surface area contributed by atoms with Crippen LogP contribution in [-0.4, -0.2) is 35.4 Å². The predicted octanol–water partition coefficient (Wildman–Crippen LogP) is 4.06. The summed E-state index contributed by atoms with van der Waals surface area (Å²) in [6.07, 6.45) is 2.92. The van der Waals surface area contributed by atoms with E-state index in [1.807, 2.05) is 0 Å². The van der Waals surface area contributed by atoms with E-state index in [-0.39, 0.29) is 24.2 Å². The Kier molecular flexibility index (Phi) is 4.85. The van der Waals surface area contributed by atoms with E-state index < -0.39 is 5.97 Å². The quantitative estimate of drug-likeness (QED) is 0.645. The normalized spacial score (nSPS) is 17.2. The minimum Gasteiger partial charge on any atom is -0.459 e. The van der Waals surface area contributed by atoms with Gasteiger partial charge < -0.3 is 14.0 Å². The van der Waals surface area contributed by atoms with Gasteiger partial charge in [-0.3, -0.25) is 0 Å². The molecule has 0 amide bonds. The lowest BCUT2D eigenvalue weighted by atomic mass is 10.1. The van der Waals surface area contributed by atoms with Crippen molar-refractivity contribution in [1.82, 2.24) is 10.1 Å². The van der Waals surface area contributed by atoms with Crippen molar-refractivity contribution < 1.29 is 23.2 Å². The van der Waals surface area contributed by atoms with Crippen molar-refractivity contribution in [3.8, 4) is 11.3 Å². The van der Waals surface area contributed by atoms with Crippen LogP contribution >= 0.6 is 0 Å². The summed E-state index contributed by atoms with van der Waals surface area (Å²) in [6, 6.07) is 7.50. The van der Waals surface area contributed by atoms with Crippen molar-refractivity contribution in [2.24, 2.45) is 0 Å². The molecule has 1 fully saturated rings. The van der Waals surface area contributed by atoms with Crippen molar-refractivity contribution in [3.63, 3.8) is 0 Å². The zero-order valence-corrected chi connectivity index (χ0v) is 14.9. The molecule has 1 saturated heterocycles. The highest BCUT2D eigenvalue weighted by atomic mass is 19.1. The lowest BCUT2D eigenvalue weighted by molar-refractivity contribution is -0.0299. The summed E-state index contributed by atoms with van der Waals surface area (Å²) in [7, 11) is 0. The number of nitrogens with zero attached hydrogens (tertiary/aromatic N) is 2. The average Bonchev–Trinajstić information content (AvgIpc) is 3.08. The summed E-state index contributed by atoms with van der Waals surface area (Å²) in [5.74, 6) is -0.825. The minimum absolute atomic E-state index is 0.0693. The number of carbonyl (C=O) groups excluding carboxylic acids is 1. The van der Waals surface area contributed by atoms with Crippen LogP contribution in [-0.2, 0) is 9.47 Å². The van der Waals surface area contributed by atoms with Gasteiger partial charge in [0.05, 0.1) is 28.4 Å². The maximum absolute atomic E-state index is 13.2. The molecule has 1 atom stereocenters. The second kappa shape index (κ2) is 7.44. The molecule has 27 heavy (non-hydrogen) atoms. The first-order valence-electron chi connectivity index (χ1n) is 8.93. The first-order chi connectivity index (χ1) is 13.1. The average molecular weight is 370 g/mol. The van der Waals surface area contributed by atoms with Gasteiger partial charge >= 0.3 is 5.97 Å². The molecule has 140 valence electrons. The minimum atomic E-state index is -0.480. The van der Waals surface area contributed by atoms with Crippen molar-refractivity contribution in [2.75, 3.05) is 13.2 Å². The molecule has 0 N–H and O–H groups in total. The first kappa shape index (κ1) is 17.6. The van der Waals surface area contributed by atoms with E-state index in [4.69, 9.17) is 14.0 Å². The lowest BCUT2D eigenvalue weighted by Crippen LogP contribution is -2.26. The van der Waals surface area contributed by atoms with Crippen molar-refractivity contribution in [3.05, 3.63) is 47.4 Å². The van der Waals surface area contributed by atoms with Crippen LogP contribution < -0.4 is 0 Å². The van der Waals surface area contributed by atoms with E-state index in [2.05, 4.69) is 10.1 Å². The molecule has 0 radical (unpaired) electrons. The van der Waals surface area contributed by atoms with Crippen LogP contribution in [0.3, 0.4) is 0 Å². The van der Waals surface area contributed by atoms with Gasteiger partial charge in [0.1, 0.15) is 12.4 Å². The number of carbonyl (C=O) groups is 1. The van der Waals surface area contributed by atoms with Crippen LogP contribution in [0, 0.1) is 12.7 Å². The van der Waals surface area contributed by atoms with Crippen LogP contribution in [0.25, 0.3) is 22.4 Å². The molecule has 1 unspecified atom stereocenters. The van der Waals surface area contributed by atoms with E-state index in [0.29, 0.717) is 34.5 Å². The molecule has 1 aromatic carbocycles. The van der Waals surface area contributed by atoms with Gasteiger partial charge in [-0.05, 0) is 56.5 Å². The molecule has 1 aliphatic heterocycles. The topological polar surface area (TPSA) is 74.5 Å². The number of esters is 1. The highest BCUT2D eigenvalue weighted by Gasteiger charge is 2.22. The van der Waals surface area contributed by atoms with Crippen LogP contribution in [0.2, 0.25) is 0 Å². The maximum Gasteiger partial charge on any atom is 0.339 e. The Morgan fingerprint density at radius 1 is 1.30 bits per heavy atom. The van der Waals surface area contributed by atoms with Crippen molar-refractivity contribution in [2.45, 2.75) is 32.3 Å². The molecule has 4 rings (SSSR count). The summed E-state index contributed by atoms with van der Waals surface area (Å²) in [4.78, 5) is 17.2. The molecule has 6 nitrogen and oxygen atoms in total. The molecule has 7 heteroatoms. The number of hydrogen-bond donors (Lipinski definition) is 0. The molecular weight excluding hydrogens is 351 g/mol. The SMILES string of the molecule is Cc1noc2nc(-c3ccc(F)cc3)cc(C(=O)OCC3CCCCO3)c12. The van der Waals surface area contributed by atoms with Gasteiger partial charge in [0.2, 0.25) is 0 Å². The first-order valence-corrected chi connectivity index (χ1v) is 8.93. The summed E-state index contributed by atoms with van der Waals surface area (Å²) < 4.78 is 29.6. The molecular formula is C20H19FN2O4. The molecule has 3 aromatic rings. The highest BCUT2D eigenvalue weighted by Crippen LogP contribution is 2.28. The standard InChI is InChI=1S/C20H19FN2O4/c1-12-18-16(20(24)26-11-15-4-2-3-9-25-15)10-17(22-19(18)27-23-12)13-5-7-14(21)8-6-13/h5-8,10,15H,2-4,9,11H2,1H3. The van der Waals surface area contributed by atoms with Gasteiger partial charge in [-0.25, -0.2) is 14.2 Å². The van der Waals surface area contributed by atoms with Crippen LogP contribution in [0.5, 0.6) is 0 Å². The van der Waals surface area contributed by atoms with Crippen molar-refractivity contribution >= 4 is 17.1 Å². The number of halogens is 1. The summed E-state index contributed by atoms with van der Waals surface area (Å²) in [6.45, 7) is 2.64. The fourth-order valence-corrected chi connectivity index (χ4v) is 3.21. The van der Waals surface area contributed by atoms with Crippen LogP contribution in [0.15, 0.2) is 34.9 Å². The maximum atomic E-state index is 13.2. The van der Waals surface area contributed by atoms with Gasteiger partial charge in [0, 0.05) is 12.2 Å². The molecule has 3 heterocycles. The molecule has 0 bridgehead atoms. The molecule has 1 aliphatic rings. The third kappa shape index (κ3) is 3.68.